The Hall–Kier alpha value is -2.27. The van der Waals surface area contributed by atoms with Gasteiger partial charge in [-0.05, 0) is 49.2 Å². The van der Waals surface area contributed by atoms with Gasteiger partial charge in [0.15, 0.2) is 0 Å². The van der Waals surface area contributed by atoms with Crippen molar-refractivity contribution in [1.82, 2.24) is 8.61 Å². The average Bonchev–Trinajstić information content (AvgIpc) is 2.74. The van der Waals surface area contributed by atoms with E-state index in [0.29, 0.717) is 13.1 Å². The van der Waals surface area contributed by atoms with Crippen LogP contribution < -0.4 is 5.32 Å². The van der Waals surface area contributed by atoms with E-state index in [2.05, 4.69) is 5.32 Å². The van der Waals surface area contributed by atoms with E-state index in [0.717, 1.165) is 23.6 Å². The Bertz CT molecular complexity index is 1120. The van der Waals surface area contributed by atoms with Crippen LogP contribution in [0, 0.1) is 0 Å². The van der Waals surface area contributed by atoms with Crippen LogP contribution in [0.2, 0.25) is 0 Å². The van der Waals surface area contributed by atoms with Crippen molar-refractivity contribution in [3.8, 4) is 0 Å². The molecule has 30 heavy (non-hydrogen) atoms. The zero-order valence-electron chi connectivity index (χ0n) is 16.9. The van der Waals surface area contributed by atoms with Crippen molar-refractivity contribution in [2.24, 2.45) is 0 Å². The molecular weight excluding hydrogens is 426 g/mol. The number of amides is 1. The second kappa shape index (κ2) is 8.84. The number of anilines is 1. The predicted molar refractivity (Wildman–Crippen MR) is 114 cm³/mol. The number of nitrogens with one attached hydrogen (secondary N) is 1. The van der Waals surface area contributed by atoms with Gasteiger partial charge in [0.2, 0.25) is 20.0 Å². The molecule has 0 aromatic heterocycles. The van der Waals surface area contributed by atoms with Crippen LogP contribution in [0.3, 0.4) is 0 Å². The molecule has 3 rings (SSSR count). The number of carbonyl (C=O) groups is 1. The van der Waals surface area contributed by atoms with Gasteiger partial charge in [0.25, 0.3) is 5.91 Å². The summed E-state index contributed by atoms with van der Waals surface area (Å²) in [5, 5.41) is 2.65. The number of piperidine rings is 1. The number of hydrogen-bond acceptors (Lipinski definition) is 5. The molecule has 2 aromatic carbocycles. The Morgan fingerprint density at radius 2 is 1.50 bits per heavy atom. The minimum absolute atomic E-state index is 0.0482. The van der Waals surface area contributed by atoms with Crippen LogP contribution in [-0.2, 0) is 20.0 Å². The zero-order valence-corrected chi connectivity index (χ0v) is 18.5. The highest BCUT2D eigenvalue weighted by Gasteiger charge is 2.28. The summed E-state index contributed by atoms with van der Waals surface area (Å²) in [6.45, 7) is 0.929. The maximum absolute atomic E-state index is 13.0. The molecular formula is C20H25N3O5S2. The molecule has 0 radical (unpaired) electrons. The van der Waals surface area contributed by atoms with E-state index in [1.54, 1.807) is 18.2 Å². The number of rotatable bonds is 6. The van der Waals surface area contributed by atoms with Crippen LogP contribution >= 0.6 is 0 Å². The number of nitrogens with zero attached hydrogens (tertiary/aromatic N) is 2. The quantitative estimate of drug-likeness (QED) is 0.726. The summed E-state index contributed by atoms with van der Waals surface area (Å²) in [5.74, 6) is -0.523. The maximum atomic E-state index is 13.0. The van der Waals surface area contributed by atoms with E-state index in [4.69, 9.17) is 0 Å². The molecule has 0 bridgehead atoms. The van der Waals surface area contributed by atoms with Gasteiger partial charge in [0, 0.05) is 32.7 Å². The van der Waals surface area contributed by atoms with E-state index in [1.807, 2.05) is 0 Å². The van der Waals surface area contributed by atoms with E-state index in [1.165, 1.54) is 48.7 Å². The monoisotopic (exact) mass is 451 g/mol. The van der Waals surface area contributed by atoms with Crippen molar-refractivity contribution in [1.29, 1.82) is 0 Å². The summed E-state index contributed by atoms with van der Waals surface area (Å²) in [6.07, 6.45) is 2.63. The highest BCUT2D eigenvalue weighted by Crippen LogP contribution is 2.27. The molecule has 8 nitrogen and oxygen atoms in total. The minimum Gasteiger partial charge on any atom is -0.321 e. The van der Waals surface area contributed by atoms with Crippen LogP contribution in [0.4, 0.5) is 5.69 Å². The number of hydrogen-bond donors (Lipinski definition) is 1. The minimum atomic E-state index is -3.72. The van der Waals surface area contributed by atoms with Gasteiger partial charge in [-0.25, -0.2) is 21.1 Å². The van der Waals surface area contributed by atoms with E-state index in [9.17, 15) is 21.6 Å². The highest BCUT2D eigenvalue weighted by molar-refractivity contribution is 7.89. The van der Waals surface area contributed by atoms with Crippen molar-refractivity contribution in [2.45, 2.75) is 29.1 Å². The van der Waals surface area contributed by atoms with Gasteiger partial charge in [-0.1, -0.05) is 18.6 Å². The fraction of sp³-hybridized carbons (Fsp3) is 0.350. The zero-order chi connectivity index (χ0) is 21.9. The molecule has 162 valence electrons. The molecule has 1 amide bonds. The molecule has 0 spiro atoms. The number of sulfonamides is 2. The standard InChI is InChI=1S/C20H25N3O5S2/c1-22(2)29(25,26)17-12-10-16(11-13-17)20(24)21-18-8-4-5-9-19(18)30(27,28)23-14-6-3-7-15-23/h4-5,8-13H,3,6-7,14-15H2,1-2H3,(H,21,24). The first kappa shape index (κ1) is 22.4. The van der Waals surface area contributed by atoms with Gasteiger partial charge < -0.3 is 5.32 Å². The lowest BCUT2D eigenvalue weighted by Crippen LogP contribution is -2.36. The summed E-state index contributed by atoms with van der Waals surface area (Å²) >= 11 is 0. The summed E-state index contributed by atoms with van der Waals surface area (Å²) in [6, 6.07) is 11.8. The molecule has 0 aliphatic carbocycles. The van der Waals surface area contributed by atoms with Crippen LogP contribution in [0.1, 0.15) is 29.6 Å². The molecule has 1 saturated heterocycles. The number of para-hydroxylation sites is 1. The van der Waals surface area contributed by atoms with Gasteiger partial charge in [-0.3, -0.25) is 4.79 Å². The topological polar surface area (TPSA) is 104 Å². The molecule has 2 aromatic rings. The van der Waals surface area contributed by atoms with Gasteiger partial charge in [-0.15, -0.1) is 0 Å². The molecule has 1 fully saturated rings. The first-order valence-electron chi connectivity index (χ1n) is 9.57. The number of carbonyl (C=O) groups excluding carboxylic acids is 1. The van der Waals surface area contributed by atoms with Gasteiger partial charge in [0.1, 0.15) is 4.90 Å². The van der Waals surface area contributed by atoms with Gasteiger partial charge >= 0.3 is 0 Å². The second-order valence-electron chi connectivity index (χ2n) is 7.23. The van der Waals surface area contributed by atoms with Crippen LogP contribution in [-0.4, -0.2) is 58.5 Å². The van der Waals surface area contributed by atoms with Crippen molar-refractivity contribution in [3.63, 3.8) is 0 Å². The third-order valence-corrected chi connectivity index (χ3v) is 8.75. The smallest absolute Gasteiger partial charge is 0.255 e. The Morgan fingerprint density at radius 1 is 0.900 bits per heavy atom. The van der Waals surface area contributed by atoms with Crippen LogP contribution in [0.25, 0.3) is 0 Å². The molecule has 0 saturated carbocycles. The lowest BCUT2D eigenvalue weighted by atomic mass is 10.2. The molecule has 0 unspecified atom stereocenters. The summed E-state index contributed by atoms with van der Waals surface area (Å²) in [5.41, 5.74) is 0.413. The molecule has 0 atom stereocenters. The number of benzene rings is 2. The first-order chi connectivity index (χ1) is 14.1. The van der Waals surface area contributed by atoms with E-state index in [-0.39, 0.29) is 21.0 Å². The Balaban J connectivity index is 1.84. The van der Waals surface area contributed by atoms with Crippen LogP contribution in [0.15, 0.2) is 58.3 Å². The van der Waals surface area contributed by atoms with E-state index >= 15 is 0 Å². The summed E-state index contributed by atoms with van der Waals surface area (Å²) in [4.78, 5) is 12.8. The Morgan fingerprint density at radius 3 is 2.10 bits per heavy atom. The third kappa shape index (κ3) is 4.56. The molecule has 10 heteroatoms. The highest BCUT2D eigenvalue weighted by atomic mass is 32.2. The SMILES string of the molecule is CN(C)S(=O)(=O)c1ccc(C(=O)Nc2ccccc2S(=O)(=O)N2CCCCC2)cc1. The predicted octanol–water partition coefficient (Wildman–Crippen LogP) is 2.36. The largest absolute Gasteiger partial charge is 0.321 e. The normalized spacial score (nSPS) is 15.8. The van der Waals surface area contributed by atoms with Crippen molar-refractivity contribution >= 4 is 31.6 Å². The molecule has 1 N–H and O–H groups in total. The van der Waals surface area contributed by atoms with Gasteiger partial charge in [0.05, 0.1) is 10.6 Å². The first-order valence-corrected chi connectivity index (χ1v) is 12.4. The van der Waals surface area contributed by atoms with Crippen molar-refractivity contribution in [2.75, 3.05) is 32.5 Å². The van der Waals surface area contributed by atoms with Crippen LogP contribution in [0.5, 0.6) is 0 Å². The second-order valence-corrected chi connectivity index (χ2v) is 11.3. The third-order valence-electron chi connectivity index (χ3n) is 4.96. The van der Waals surface area contributed by atoms with Gasteiger partial charge in [-0.2, -0.15) is 4.31 Å². The molecule has 1 aliphatic rings. The summed E-state index contributed by atoms with van der Waals surface area (Å²) < 4.78 is 53.0. The van der Waals surface area contributed by atoms with Crippen molar-refractivity contribution in [3.05, 3.63) is 54.1 Å². The maximum Gasteiger partial charge on any atom is 0.255 e. The average molecular weight is 452 g/mol. The Labute approximate surface area is 177 Å². The fourth-order valence-electron chi connectivity index (χ4n) is 3.22. The van der Waals surface area contributed by atoms with Crippen molar-refractivity contribution < 1.29 is 21.6 Å². The van der Waals surface area contributed by atoms with E-state index < -0.39 is 26.0 Å². The Kier molecular flexibility index (Phi) is 6.61. The summed E-state index contributed by atoms with van der Waals surface area (Å²) in [7, 11) is -4.47. The lowest BCUT2D eigenvalue weighted by molar-refractivity contribution is 0.102. The fourth-order valence-corrected chi connectivity index (χ4v) is 5.79. The molecule has 1 aliphatic heterocycles. The lowest BCUT2D eigenvalue weighted by Gasteiger charge is -2.26. The molecule has 1 heterocycles.